The van der Waals surface area contributed by atoms with Gasteiger partial charge in [-0.05, 0) is 12.1 Å². The van der Waals surface area contributed by atoms with E-state index in [4.69, 9.17) is 16.7 Å². The maximum Gasteiger partial charge on any atom is 0.329 e. The first-order valence-electron chi connectivity index (χ1n) is 3.31. The first kappa shape index (κ1) is 9.67. The topological polar surface area (TPSA) is 50.2 Å². The summed E-state index contributed by atoms with van der Waals surface area (Å²) in [6, 6.07) is 2.46. The van der Waals surface area contributed by atoms with Crippen molar-refractivity contribution in [2.75, 3.05) is 0 Å². The number of hydrogen-bond donors (Lipinski definition) is 1. The van der Waals surface area contributed by atoms with Gasteiger partial charge in [0.15, 0.2) is 0 Å². The molecule has 0 aliphatic carbocycles. The highest BCUT2D eigenvalue weighted by atomic mass is 35.5. The van der Waals surface area contributed by atoms with Crippen molar-refractivity contribution in [1.82, 2.24) is 4.98 Å². The summed E-state index contributed by atoms with van der Waals surface area (Å²) in [5.41, 5.74) is 0.227. The molecule has 0 amide bonds. The van der Waals surface area contributed by atoms with Crippen LogP contribution < -0.4 is 0 Å². The Morgan fingerprint density at radius 3 is 2.77 bits per heavy atom. The number of pyridine rings is 1. The van der Waals surface area contributed by atoms with Crippen LogP contribution in [-0.4, -0.2) is 16.1 Å². The predicted octanol–water partition coefficient (Wildman–Crippen LogP) is 1.89. The van der Waals surface area contributed by atoms with E-state index in [0.717, 1.165) is 18.3 Å². The highest BCUT2D eigenvalue weighted by Gasteiger charge is 2.01. The molecule has 0 atom stereocenters. The molecular formula is C8H5ClFNO2. The number of carboxylic acid groups (broad SMARTS) is 1. The quantitative estimate of drug-likeness (QED) is 0.744. The van der Waals surface area contributed by atoms with E-state index >= 15 is 0 Å². The zero-order chi connectivity index (χ0) is 9.84. The molecule has 1 N–H and O–H groups in total. The Hall–Kier alpha value is -1.42. The van der Waals surface area contributed by atoms with E-state index in [1.165, 1.54) is 6.07 Å². The first-order valence-corrected chi connectivity index (χ1v) is 3.69. The third kappa shape index (κ3) is 2.83. The Bertz CT molecular complexity index is 348. The molecule has 0 saturated carbocycles. The molecule has 0 radical (unpaired) electrons. The third-order valence-corrected chi connectivity index (χ3v) is 1.53. The molecule has 1 aromatic rings. The zero-order valence-electron chi connectivity index (χ0n) is 6.37. The van der Waals surface area contributed by atoms with Crippen LogP contribution in [0.2, 0.25) is 0 Å². The van der Waals surface area contributed by atoms with Crippen molar-refractivity contribution in [2.24, 2.45) is 0 Å². The summed E-state index contributed by atoms with van der Waals surface area (Å²) in [5, 5.41) is 8.30. The van der Waals surface area contributed by atoms with Crippen LogP contribution in [0.5, 0.6) is 0 Å². The fraction of sp³-hybridized carbons (Fsp3) is 0. The fourth-order valence-electron chi connectivity index (χ4n) is 0.699. The van der Waals surface area contributed by atoms with Gasteiger partial charge in [-0.3, -0.25) is 4.98 Å². The molecule has 0 aromatic carbocycles. The number of carbonyl (C=O) groups is 1. The lowest BCUT2D eigenvalue weighted by atomic mass is 10.3. The molecule has 0 saturated heterocycles. The van der Waals surface area contributed by atoms with Crippen molar-refractivity contribution in [3.63, 3.8) is 0 Å². The number of aliphatic carboxylic acids is 1. The molecule has 0 aliphatic rings. The van der Waals surface area contributed by atoms with Crippen LogP contribution in [0, 0.1) is 5.82 Å². The van der Waals surface area contributed by atoms with Gasteiger partial charge in [0.2, 0.25) is 0 Å². The van der Waals surface area contributed by atoms with Crippen molar-refractivity contribution in [1.29, 1.82) is 0 Å². The van der Waals surface area contributed by atoms with Crippen molar-refractivity contribution in [2.45, 2.75) is 0 Å². The predicted molar refractivity (Wildman–Crippen MR) is 45.7 cm³/mol. The third-order valence-electron chi connectivity index (χ3n) is 1.22. The monoisotopic (exact) mass is 201 g/mol. The second kappa shape index (κ2) is 4.00. The van der Waals surface area contributed by atoms with Crippen molar-refractivity contribution in [3.05, 3.63) is 35.9 Å². The summed E-state index contributed by atoms with van der Waals surface area (Å²) in [4.78, 5) is 13.8. The van der Waals surface area contributed by atoms with E-state index < -0.39 is 11.8 Å². The number of rotatable bonds is 2. The van der Waals surface area contributed by atoms with Crippen molar-refractivity contribution < 1.29 is 14.3 Å². The van der Waals surface area contributed by atoms with Gasteiger partial charge >= 0.3 is 5.97 Å². The molecule has 3 nitrogen and oxygen atoms in total. The minimum absolute atomic E-state index is 0.0347. The Morgan fingerprint density at radius 1 is 1.62 bits per heavy atom. The number of hydrogen-bond acceptors (Lipinski definition) is 2. The number of halogens is 2. The van der Waals surface area contributed by atoms with E-state index in [1.807, 2.05) is 0 Å². The van der Waals surface area contributed by atoms with Crippen LogP contribution in [-0.2, 0) is 4.79 Å². The molecule has 1 rings (SSSR count). The second-order valence-corrected chi connectivity index (χ2v) is 2.60. The summed E-state index contributed by atoms with van der Waals surface area (Å²) in [7, 11) is 0. The maximum absolute atomic E-state index is 12.4. The van der Waals surface area contributed by atoms with Gasteiger partial charge < -0.3 is 5.11 Å². The zero-order valence-corrected chi connectivity index (χ0v) is 7.12. The van der Waals surface area contributed by atoms with Gasteiger partial charge in [-0.25, -0.2) is 9.18 Å². The molecular weight excluding hydrogens is 197 g/mol. The summed E-state index contributed by atoms with van der Waals surface area (Å²) in [6.07, 6.45) is 1.76. The average Bonchev–Trinajstić information content (AvgIpc) is 2.04. The van der Waals surface area contributed by atoms with Crippen LogP contribution >= 0.6 is 11.6 Å². The van der Waals surface area contributed by atoms with Crippen molar-refractivity contribution >= 4 is 22.6 Å². The van der Waals surface area contributed by atoms with Gasteiger partial charge in [-0.2, -0.15) is 0 Å². The second-order valence-electron chi connectivity index (χ2n) is 2.19. The molecule has 68 valence electrons. The Kier molecular flexibility index (Phi) is 2.97. The molecule has 0 unspecified atom stereocenters. The Morgan fingerprint density at radius 2 is 2.31 bits per heavy atom. The fourth-order valence-corrected chi connectivity index (χ4v) is 0.905. The normalized spacial score (nSPS) is 11.4. The van der Waals surface area contributed by atoms with E-state index in [2.05, 4.69) is 4.98 Å². The minimum Gasteiger partial charge on any atom is -0.478 e. The SMILES string of the molecule is O=C(O)/C=C(/Cl)c1ccc(F)cn1. The maximum atomic E-state index is 12.4. The molecule has 13 heavy (non-hydrogen) atoms. The summed E-state index contributed by atoms with van der Waals surface area (Å²) < 4.78 is 12.4. The van der Waals surface area contributed by atoms with Gasteiger partial charge in [-0.1, -0.05) is 11.6 Å². The van der Waals surface area contributed by atoms with Crippen molar-refractivity contribution in [3.8, 4) is 0 Å². The van der Waals surface area contributed by atoms with E-state index in [9.17, 15) is 9.18 Å². The molecule has 0 fully saturated rings. The molecule has 5 heteroatoms. The van der Waals surface area contributed by atoms with Crippen LogP contribution in [0.15, 0.2) is 24.4 Å². The molecule has 0 aliphatic heterocycles. The molecule has 1 aromatic heterocycles. The number of nitrogens with zero attached hydrogens (tertiary/aromatic N) is 1. The van der Waals surface area contributed by atoms with Crippen LogP contribution in [0.25, 0.3) is 5.03 Å². The van der Waals surface area contributed by atoms with Gasteiger partial charge in [0, 0.05) is 6.08 Å². The first-order chi connectivity index (χ1) is 6.09. The Labute approximate surface area is 78.5 Å². The summed E-state index contributed by atoms with van der Waals surface area (Å²) in [6.45, 7) is 0. The highest BCUT2D eigenvalue weighted by Crippen LogP contribution is 2.15. The number of carboxylic acids is 1. The van der Waals surface area contributed by atoms with Gasteiger partial charge in [0.05, 0.1) is 16.9 Å². The van der Waals surface area contributed by atoms with Gasteiger partial charge in [0.25, 0.3) is 0 Å². The standard InChI is InChI=1S/C8H5ClFNO2/c9-6(3-8(12)13)7-2-1-5(10)4-11-7/h1-4H,(H,12,13)/b6-3+. The van der Waals surface area contributed by atoms with E-state index in [1.54, 1.807) is 0 Å². The van der Waals surface area contributed by atoms with Crippen LogP contribution in [0.1, 0.15) is 5.69 Å². The Balaban J connectivity index is 2.96. The van der Waals surface area contributed by atoms with Gasteiger partial charge in [-0.15, -0.1) is 0 Å². The molecule has 0 spiro atoms. The number of aromatic nitrogens is 1. The molecule has 1 heterocycles. The van der Waals surface area contributed by atoms with E-state index in [-0.39, 0.29) is 10.7 Å². The van der Waals surface area contributed by atoms with Crippen LogP contribution in [0.4, 0.5) is 4.39 Å². The summed E-state index contributed by atoms with van der Waals surface area (Å²) in [5.74, 6) is -1.67. The largest absolute Gasteiger partial charge is 0.478 e. The lowest BCUT2D eigenvalue weighted by Crippen LogP contribution is -1.91. The van der Waals surface area contributed by atoms with Gasteiger partial charge in [0.1, 0.15) is 5.82 Å². The smallest absolute Gasteiger partial charge is 0.329 e. The average molecular weight is 202 g/mol. The highest BCUT2D eigenvalue weighted by molar-refractivity contribution is 6.49. The summed E-state index contributed by atoms with van der Waals surface area (Å²) >= 11 is 5.55. The molecule has 0 bridgehead atoms. The minimum atomic E-state index is -1.17. The lowest BCUT2D eigenvalue weighted by Gasteiger charge is -1.95. The van der Waals surface area contributed by atoms with E-state index in [0.29, 0.717) is 0 Å². The lowest BCUT2D eigenvalue weighted by molar-refractivity contribution is -0.131. The van der Waals surface area contributed by atoms with Crippen LogP contribution in [0.3, 0.4) is 0 Å².